The molecule has 1 aromatic heterocycles. The Bertz CT molecular complexity index is 1130. The van der Waals surface area contributed by atoms with Crippen molar-refractivity contribution < 1.29 is 23.8 Å². The van der Waals surface area contributed by atoms with Gasteiger partial charge in [-0.05, 0) is 69.5 Å². The predicted molar refractivity (Wildman–Crippen MR) is 128 cm³/mol. The molecular weight excluding hydrogens is 434 g/mol. The Balaban J connectivity index is 1.42. The highest BCUT2D eigenvalue weighted by Crippen LogP contribution is 2.26. The van der Waals surface area contributed by atoms with Crippen molar-refractivity contribution in [3.8, 4) is 11.4 Å². The number of nitrogens with one attached hydrogen (secondary N) is 1. The fourth-order valence-electron chi connectivity index (χ4n) is 3.84. The average Bonchev–Trinajstić information content (AvgIpc) is 3.25. The molecular formula is C26H29N3O5. The van der Waals surface area contributed by atoms with Crippen LogP contribution in [-0.4, -0.2) is 47.6 Å². The van der Waals surface area contributed by atoms with Crippen LogP contribution >= 0.6 is 0 Å². The molecule has 2 heterocycles. The molecule has 34 heavy (non-hydrogen) atoms. The molecule has 0 radical (unpaired) electrons. The Morgan fingerprint density at radius 1 is 1.15 bits per heavy atom. The van der Waals surface area contributed by atoms with E-state index in [1.54, 1.807) is 42.8 Å². The molecule has 1 aliphatic rings. The molecule has 1 saturated heterocycles. The Hall–Kier alpha value is -3.65. The number of benzene rings is 2. The maximum Gasteiger partial charge on any atom is 0.341 e. The SMILES string of the molecule is CCOC(=O)c1cnn(-c2ccc(C(=O)Nc3ccccc3OCC3CCCCO3)cc2)c1C. The summed E-state index contributed by atoms with van der Waals surface area (Å²) in [6.07, 6.45) is 4.79. The van der Waals surface area contributed by atoms with Gasteiger partial charge >= 0.3 is 5.97 Å². The monoisotopic (exact) mass is 463 g/mol. The van der Waals surface area contributed by atoms with Gasteiger partial charge in [0.15, 0.2) is 0 Å². The van der Waals surface area contributed by atoms with E-state index < -0.39 is 5.97 Å². The first-order valence-corrected chi connectivity index (χ1v) is 11.5. The van der Waals surface area contributed by atoms with Gasteiger partial charge in [-0.2, -0.15) is 5.10 Å². The van der Waals surface area contributed by atoms with Crippen LogP contribution < -0.4 is 10.1 Å². The number of ether oxygens (including phenoxy) is 3. The van der Waals surface area contributed by atoms with Gasteiger partial charge in [-0.25, -0.2) is 9.48 Å². The van der Waals surface area contributed by atoms with Crippen LogP contribution in [0.1, 0.15) is 52.6 Å². The molecule has 1 aliphatic heterocycles. The molecule has 0 bridgehead atoms. The predicted octanol–water partition coefficient (Wildman–Crippen LogP) is 4.56. The normalized spacial score (nSPS) is 15.5. The quantitative estimate of drug-likeness (QED) is 0.493. The van der Waals surface area contributed by atoms with Crippen molar-refractivity contribution in [2.24, 2.45) is 0 Å². The number of hydrogen-bond acceptors (Lipinski definition) is 6. The van der Waals surface area contributed by atoms with Crippen molar-refractivity contribution >= 4 is 17.6 Å². The highest BCUT2D eigenvalue weighted by atomic mass is 16.5. The first kappa shape index (κ1) is 23.5. The van der Waals surface area contributed by atoms with Crippen molar-refractivity contribution in [1.82, 2.24) is 9.78 Å². The number of aromatic nitrogens is 2. The second-order valence-corrected chi connectivity index (χ2v) is 8.07. The number of esters is 1. The van der Waals surface area contributed by atoms with Crippen molar-refractivity contribution in [3.63, 3.8) is 0 Å². The Kier molecular flexibility index (Phi) is 7.59. The molecule has 8 nitrogen and oxygen atoms in total. The molecule has 2 aromatic carbocycles. The van der Waals surface area contributed by atoms with Crippen molar-refractivity contribution in [2.45, 2.75) is 39.2 Å². The smallest absolute Gasteiger partial charge is 0.341 e. The van der Waals surface area contributed by atoms with E-state index in [0.717, 1.165) is 31.6 Å². The molecule has 4 rings (SSSR count). The Morgan fingerprint density at radius 3 is 2.68 bits per heavy atom. The lowest BCUT2D eigenvalue weighted by molar-refractivity contribution is -0.0109. The van der Waals surface area contributed by atoms with Gasteiger partial charge in [-0.3, -0.25) is 4.79 Å². The molecule has 1 atom stereocenters. The second-order valence-electron chi connectivity index (χ2n) is 8.07. The van der Waals surface area contributed by atoms with Crippen LogP contribution in [0.3, 0.4) is 0 Å². The number of anilines is 1. The van der Waals surface area contributed by atoms with Crippen LogP contribution in [-0.2, 0) is 9.47 Å². The molecule has 1 unspecified atom stereocenters. The topological polar surface area (TPSA) is 91.7 Å². The largest absolute Gasteiger partial charge is 0.489 e. The Morgan fingerprint density at radius 2 is 1.94 bits per heavy atom. The summed E-state index contributed by atoms with van der Waals surface area (Å²) in [4.78, 5) is 24.9. The number of carbonyl (C=O) groups excluding carboxylic acids is 2. The van der Waals surface area contributed by atoms with E-state index >= 15 is 0 Å². The van der Waals surface area contributed by atoms with Crippen LogP contribution in [0.4, 0.5) is 5.69 Å². The minimum absolute atomic E-state index is 0.0835. The molecule has 0 saturated carbocycles. The lowest BCUT2D eigenvalue weighted by Crippen LogP contribution is -2.26. The van der Waals surface area contributed by atoms with Gasteiger partial charge in [-0.15, -0.1) is 0 Å². The van der Waals surface area contributed by atoms with Gasteiger partial charge < -0.3 is 19.5 Å². The van der Waals surface area contributed by atoms with Gasteiger partial charge in [-0.1, -0.05) is 12.1 Å². The fraction of sp³-hybridized carbons (Fsp3) is 0.346. The van der Waals surface area contributed by atoms with Gasteiger partial charge in [0, 0.05) is 12.2 Å². The van der Waals surface area contributed by atoms with E-state index in [0.29, 0.717) is 41.5 Å². The van der Waals surface area contributed by atoms with Crippen molar-refractivity contribution in [1.29, 1.82) is 0 Å². The number of rotatable bonds is 8. The molecule has 0 aliphatic carbocycles. The minimum atomic E-state index is -0.404. The van der Waals surface area contributed by atoms with Crippen LogP contribution in [0, 0.1) is 6.92 Å². The fourth-order valence-corrected chi connectivity index (χ4v) is 3.84. The molecule has 1 fully saturated rings. The number of carbonyl (C=O) groups is 2. The van der Waals surface area contributed by atoms with Crippen molar-refractivity contribution in [2.75, 3.05) is 25.1 Å². The lowest BCUT2D eigenvalue weighted by Gasteiger charge is -2.23. The van der Waals surface area contributed by atoms with Crippen LogP contribution in [0.25, 0.3) is 5.69 Å². The van der Waals surface area contributed by atoms with Gasteiger partial charge in [0.25, 0.3) is 5.91 Å². The van der Waals surface area contributed by atoms with Crippen molar-refractivity contribution in [3.05, 3.63) is 71.5 Å². The zero-order chi connectivity index (χ0) is 23.9. The van der Waals surface area contributed by atoms with E-state index in [1.807, 2.05) is 24.3 Å². The second kappa shape index (κ2) is 11.0. The third-order valence-corrected chi connectivity index (χ3v) is 5.71. The highest BCUT2D eigenvalue weighted by molar-refractivity contribution is 6.05. The van der Waals surface area contributed by atoms with E-state index in [1.165, 1.54) is 6.20 Å². The van der Waals surface area contributed by atoms with E-state index in [-0.39, 0.29) is 12.0 Å². The average molecular weight is 464 g/mol. The summed E-state index contributed by atoms with van der Waals surface area (Å²) >= 11 is 0. The third-order valence-electron chi connectivity index (χ3n) is 5.71. The van der Waals surface area contributed by atoms with Gasteiger partial charge in [0.05, 0.1) is 36.0 Å². The molecule has 0 spiro atoms. The summed E-state index contributed by atoms with van der Waals surface area (Å²) in [7, 11) is 0. The summed E-state index contributed by atoms with van der Waals surface area (Å²) in [5.74, 6) is -0.0422. The maximum absolute atomic E-state index is 12.9. The van der Waals surface area contributed by atoms with Gasteiger partial charge in [0.2, 0.25) is 0 Å². The summed E-state index contributed by atoms with van der Waals surface area (Å²) in [6, 6.07) is 14.4. The summed E-state index contributed by atoms with van der Waals surface area (Å²) < 4.78 is 18.4. The van der Waals surface area contributed by atoms with E-state index in [2.05, 4.69) is 10.4 Å². The molecule has 178 valence electrons. The molecule has 8 heteroatoms. The zero-order valence-corrected chi connectivity index (χ0v) is 19.5. The Labute approximate surface area is 198 Å². The van der Waals surface area contributed by atoms with Crippen LogP contribution in [0.15, 0.2) is 54.7 Å². The van der Waals surface area contributed by atoms with Gasteiger partial charge in [0.1, 0.15) is 17.9 Å². The number of amides is 1. The standard InChI is InChI=1S/C26H29N3O5/c1-3-32-26(31)22-16-27-29(18(22)2)20-13-11-19(12-14-20)25(30)28-23-9-4-5-10-24(23)34-17-21-8-6-7-15-33-21/h4-5,9-14,16,21H,3,6-8,15,17H2,1-2H3,(H,28,30). The number of nitrogens with zero attached hydrogens (tertiary/aromatic N) is 2. The number of para-hydroxylation sites is 2. The van der Waals surface area contributed by atoms with E-state index in [4.69, 9.17) is 14.2 Å². The molecule has 1 amide bonds. The van der Waals surface area contributed by atoms with E-state index in [9.17, 15) is 9.59 Å². The first-order valence-electron chi connectivity index (χ1n) is 11.5. The summed E-state index contributed by atoms with van der Waals surface area (Å²) in [6.45, 7) is 5.09. The summed E-state index contributed by atoms with van der Waals surface area (Å²) in [5.41, 5.74) is 2.92. The van der Waals surface area contributed by atoms with Crippen LogP contribution in [0.2, 0.25) is 0 Å². The maximum atomic E-state index is 12.9. The zero-order valence-electron chi connectivity index (χ0n) is 19.5. The third kappa shape index (κ3) is 5.46. The number of hydrogen-bond donors (Lipinski definition) is 1. The molecule has 3 aromatic rings. The minimum Gasteiger partial charge on any atom is -0.489 e. The first-order chi connectivity index (χ1) is 16.6. The lowest BCUT2D eigenvalue weighted by atomic mass is 10.1. The summed E-state index contributed by atoms with van der Waals surface area (Å²) in [5, 5.41) is 7.22. The molecule has 1 N–H and O–H groups in total. The highest BCUT2D eigenvalue weighted by Gasteiger charge is 2.18. The van der Waals surface area contributed by atoms with Crippen LogP contribution in [0.5, 0.6) is 5.75 Å².